The molecule has 0 bridgehead atoms. The van der Waals surface area contributed by atoms with Crippen LogP contribution in [-0.2, 0) is 6.18 Å². The molecule has 0 spiro atoms. The maximum Gasteiger partial charge on any atom is 0.417 e. The third-order valence-electron chi connectivity index (χ3n) is 6.33. The van der Waals surface area contributed by atoms with Gasteiger partial charge in [0.2, 0.25) is 0 Å². The third kappa shape index (κ3) is 4.51. The summed E-state index contributed by atoms with van der Waals surface area (Å²) in [7, 11) is 0. The number of carbonyl (C=O) groups is 3. The summed E-state index contributed by atoms with van der Waals surface area (Å²) < 4.78 is 39.9. The van der Waals surface area contributed by atoms with Crippen LogP contribution in [0.1, 0.15) is 62.8 Å². The molecule has 2 heterocycles. The number of halogens is 3. The van der Waals surface area contributed by atoms with E-state index in [-0.39, 0.29) is 30.5 Å². The molecule has 1 saturated heterocycles. The summed E-state index contributed by atoms with van der Waals surface area (Å²) in [5.74, 6) is -1.22. The first kappa shape index (κ1) is 23.8. The summed E-state index contributed by atoms with van der Waals surface area (Å²) in [6.45, 7) is 3.76. The Morgan fingerprint density at radius 3 is 2.26 bits per heavy atom. The first-order valence-corrected chi connectivity index (χ1v) is 11.4. The number of imide groups is 1. The third-order valence-corrected chi connectivity index (χ3v) is 6.33. The number of alkyl halides is 3. The van der Waals surface area contributed by atoms with Crippen molar-refractivity contribution in [1.82, 2.24) is 9.80 Å². The van der Waals surface area contributed by atoms with Crippen molar-refractivity contribution >= 4 is 23.4 Å². The zero-order valence-electron chi connectivity index (χ0n) is 18.9. The lowest BCUT2D eigenvalue weighted by Gasteiger charge is -2.36. The molecule has 0 unspecified atom stereocenters. The van der Waals surface area contributed by atoms with Crippen LogP contribution in [0.3, 0.4) is 0 Å². The lowest BCUT2D eigenvalue weighted by atomic mass is 10.0. The number of hydrogen-bond acceptors (Lipinski definition) is 4. The molecule has 180 valence electrons. The Hall–Kier alpha value is -3.36. The highest BCUT2D eigenvalue weighted by molar-refractivity contribution is 6.21. The molecule has 3 amide bonds. The van der Waals surface area contributed by atoms with Gasteiger partial charge in [-0.25, -0.2) is 0 Å². The molecule has 6 nitrogen and oxygen atoms in total. The first-order valence-electron chi connectivity index (χ1n) is 11.4. The van der Waals surface area contributed by atoms with Crippen molar-refractivity contribution in [2.45, 2.75) is 32.4 Å². The Bertz CT molecular complexity index is 1110. The van der Waals surface area contributed by atoms with Gasteiger partial charge in [0.15, 0.2) is 0 Å². The maximum absolute atomic E-state index is 13.3. The Kier molecular flexibility index (Phi) is 6.63. The number of unbranched alkanes of at least 4 members (excludes halogenated alkanes) is 2. The number of nitrogens with zero attached hydrogens (tertiary/aromatic N) is 3. The van der Waals surface area contributed by atoms with Gasteiger partial charge in [-0.05, 0) is 36.8 Å². The summed E-state index contributed by atoms with van der Waals surface area (Å²) in [5.41, 5.74) is 0.221. The van der Waals surface area contributed by atoms with Crippen LogP contribution in [0.2, 0.25) is 0 Å². The van der Waals surface area contributed by atoms with E-state index in [1.807, 2.05) is 4.90 Å². The molecule has 2 aromatic carbocycles. The first-order chi connectivity index (χ1) is 16.2. The molecule has 2 aliphatic rings. The summed E-state index contributed by atoms with van der Waals surface area (Å²) >= 11 is 0. The Balaban J connectivity index is 1.44. The molecule has 2 aliphatic heterocycles. The van der Waals surface area contributed by atoms with Gasteiger partial charge < -0.3 is 9.80 Å². The average molecular weight is 473 g/mol. The van der Waals surface area contributed by atoms with Crippen LogP contribution in [-0.4, -0.2) is 60.2 Å². The normalized spacial score (nSPS) is 16.3. The molecule has 9 heteroatoms. The highest BCUT2D eigenvalue weighted by Crippen LogP contribution is 2.33. The van der Waals surface area contributed by atoms with E-state index in [1.165, 1.54) is 28.0 Å². The maximum atomic E-state index is 13.3. The minimum absolute atomic E-state index is 0.248. The predicted molar refractivity (Wildman–Crippen MR) is 121 cm³/mol. The lowest BCUT2D eigenvalue weighted by molar-refractivity contribution is -0.138. The molecular weight excluding hydrogens is 447 g/mol. The second-order valence-electron chi connectivity index (χ2n) is 8.52. The van der Waals surface area contributed by atoms with Crippen molar-refractivity contribution in [1.29, 1.82) is 0 Å². The van der Waals surface area contributed by atoms with E-state index in [2.05, 4.69) is 6.92 Å². The molecule has 0 N–H and O–H groups in total. The number of hydrogen-bond donors (Lipinski definition) is 0. The molecule has 0 radical (unpaired) electrons. The van der Waals surface area contributed by atoms with E-state index in [1.54, 1.807) is 18.2 Å². The van der Waals surface area contributed by atoms with Crippen LogP contribution in [0, 0.1) is 0 Å². The van der Waals surface area contributed by atoms with Gasteiger partial charge in [-0.15, -0.1) is 0 Å². The van der Waals surface area contributed by atoms with E-state index in [9.17, 15) is 27.6 Å². The summed E-state index contributed by atoms with van der Waals surface area (Å²) in [5, 5.41) is 0. The molecule has 4 rings (SSSR count). The molecule has 34 heavy (non-hydrogen) atoms. The molecule has 0 saturated carbocycles. The quantitative estimate of drug-likeness (QED) is 0.459. The van der Waals surface area contributed by atoms with Gasteiger partial charge in [0, 0.05) is 38.4 Å². The number of amides is 3. The van der Waals surface area contributed by atoms with Gasteiger partial charge >= 0.3 is 6.18 Å². The lowest BCUT2D eigenvalue weighted by Crippen LogP contribution is -2.49. The minimum atomic E-state index is -4.60. The fraction of sp³-hybridized carbons (Fsp3) is 0.400. The van der Waals surface area contributed by atoms with Crippen LogP contribution in [0.25, 0.3) is 0 Å². The Morgan fingerprint density at radius 2 is 1.59 bits per heavy atom. The van der Waals surface area contributed by atoms with Gasteiger partial charge in [0.05, 0.1) is 22.3 Å². The van der Waals surface area contributed by atoms with Crippen molar-refractivity contribution < 1.29 is 27.6 Å². The number of benzene rings is 2. The second-order valence-corrected chi connectivity index (χ2v) is 8.52. The topological polar surface area (TPSA) is 60.9 Å². The van der Waals surface area contributed by atoms with E-state index < -0.39 is 17.6 Å². The number of fused-ring (bicyclic) bond motifs is 1. The van der Waals surface area contributed by atoms with Crippen LogP contribution in [0.15, 0.2) is 42.5 Å². The van der Waals surface area contributed by atoms with Crippen LogP contribution >= 0.6 is 0 Å². The highest BCUT2D eigenvalue weighted by Gasteiger charge is 2.37. The Morgan fingerprint density at radius 1 is 0.912 bits per heavy atom. The number of anilines is 1. The average Bonchev–Trinajstić information content (AvgIpc) is 3.07. The molecule has 1 fully saturated rings. The van der Waals surface area contributed by atoms with Crippen molar-refractivity contribution in [2.75, 3.05) is 37.6 Å². The fourth-order valence-electron chi connectivity index (χ4n) is 4.45. The highest BCUT2D eigenvalue weighted by atomic mass is 19.4. The fourth-order valence-corrected chi connectivity index (χ4v) is 4.45. The largest absolute Gasteiger partial charge is 0.417 e. The number of piperazine rings is 1. The van der Waals surface area contributed by atoms with E-state index in [0.29, 0.717) is 30.8 Å². The standard InChI is InChI=1S/C25H26F3N3O3/c1-2-3-6-11-31-23(33)18-10-9-17(16-20(18)24(31)34)29-12-14-30(15-13-29)22(32)19-7-4-5-8-21(19)25(26,27)28/h4-5,7-10,16H,2-3,6,11-15H2,1H3. The smallest absolute Gasteiger partial charge is 0.368 e. The SMILES string of the molecule is CCCCCN1C(=O)c2ccc(N3CCN(C(=O)c4ccccc4C(F)(F)F)CC3)cc2C1=O. The van der Waals surface area contributed by atoms with E-state index >= 15 is 0 Å². The summed E-state index contributed by atoms with van der Waals surface area (Å²) in [4.78, 5) is 42.9. The van der Waals surface area contributed by atoms with Gasteiger partial charge in [-0.2, -0.15) is 13.2 Å². The van der Waals surface area contributed by atoms with Gasteiger partial charge in [0.25, 0.3) is 17.7 Å². The van der Waals surface area contributed by atoms with Crippen molar-refractivity contribution in [2.24, 2.45) is 0 Å². The number of rotatable bonds is 6. The molecular formula is C25H26F3N3O3. The van der Waals surface area contributed by atoms with Crippen LogP contribution < -0.4 is 4.90 Å². The van der Waals surface area contributed by atoms with Crippen molar-refractivity contribution in [3.05, 3.63) is 64.7 Å². The molecule has 0 aromatic heterocycles. The summed E-state index contributed by atoms with van der Waals surface area (Å²) in [6, 6.07) is 9.93. The second kappa shape index (κ2) is 9.48. The van der Waals surface area contributed by atoms with Gasteiger partial charge in [-0.1, -0.05) is 31.9 Å². The zero-order valence-corrected chi connectivity index (χ0v) is 18.9. The summed E-state index contributed by atoms with van der Waals surface area (Å²) in [6.07, 6.45) is -1.91. The van der Waals surface area contributed by atoms with Gasteiger partial charge in [-0.3, -0.25) is 19.3 Å². The zero-order chi connectivity index (χ0) is 24.5. The Labute approximate surface area is 195 Å². The van der Waals surface area contributed by atoms with Crippen molar-refractivity contribution in [3.8, 4) is 0 Å². The van der Waals surface area contributed by atoms with Crippen LogP contribution in [0.5, 0.6) is 0 Å². The predicted octanol–water partition coefficient (Wildman–Crippen LogP) is 4.45. The minimum Gasteiger partial charge on any atom is -0.368 e. The molecule has 0 aliphatic carbocycles. The van der Waals surface area contributed by atoms with Crippen LogP contribution in [0.4, 0.5) is 18.9 Å². The van der Waals surface area contributed by atoms with E-state index in [4.69, 9.17) is 0 Å². The van der Waals surface area contributed by atoms with Crippen molar-refractivity contribution in [3.63, 3.8) is 0 Å². The van der Waals surface area contributed by atoms with Gasteiger partial charge in [0.1, 0.15) is 0 Å². The molecule has 0 atom stereocenters. The van der Waals surface area contributed by atoms with E-state index in [0.717, 1.165) is 31.0 Å². The monoisotopic (exact) mass is 473 g/mol. The molecule has 2 aromatic rings. The number of carbonyl (C=O) groups excluding carboxylic acids is 3.